The van der Waals surface area contributed by atoms with E-state index in [9.17, 15) is 13.2 Å². The summed E-state index contributed by atoms with van der Waals surface area (Å²) >= 11 is 0.969. The molecule has 2 rings (SSSR count). The molecule has 2 N–H and O–H groups in total. The quantitative estimate of drug-likeness (QED) is 0.829. The van der Waals surface area contributed by atoms with Gasteiger partial charge in [0.15, 0.2) is 0 Å². The Morgan fingerprint density at radius 1 is 1.57 bits per heavy atom. The SMILES string of the molecule is CCC1OCCC1CNS(=O)(=O)c1cc(C(=O)O)sc1C. The zero-order valence-electron chi connectivity index (χ0n) is 12.0. The second-order valence-corrected chi connectivity index (χ2v) is 8.05. The fourth-order valence-corrected chi connectivity index (χ4v) is 5.03. The maximum Gasteiger partial charge on any atom is 0.345 e. The van der Waals surface area contributed by atoms with Crippen LogP contribution in [-0.4, -0.2) is 38.7 Å². The predicted molar refractivity (Wildman–Crippen MR) is 79.3 cm³/mol. The summed E-state index contributed by atoms with van der Waals surface area (Å²) in [5.41, 5.74) is 0. The molecule has 0 aliphatic carbocycles. The number of carboxylic acids is 1. The molecule has 0 amide bonds. The van der Waals surface area contributed by atoms with Gasteiger partial charge in [0.2, 0.25) is 10.0 Å². The summed E-state index contributed by atoms with van der Waals surface area (Å²) in [6.07, 6.45) is 1.78. The molecule has 21 heavy (non-hydrogen) atoms. The molecule has 0 aromatic carbocycles. The molecule has 1 aliphatic rings. The van der Waals surface area contributed by atoms with Crippen molar-refractivity contribution in [2.75, 3.05) is 13.2 Å². The standard InChI is InChI=1S/C13H19NO5S2/c1-3-10-9(4-5-19-10)7-14-21(17,18)12-6-11(13(15)16)20-8(12)2/h6,9-10,14H,3-5,7H2,1-2H3,(H,15,16). The smallest absolute Gasteiger partial charge is 0.345 e. The Balaban J connectivity index is 2.10. The van der Waals surface area contributed by atoms with Crippen molar-refractivity contribution in [1.82, 2.24) is 4.72 Å². The van der Waals surface area contributed by atoms with Gasteiger partial charge < -0.3 is 9.84 Å². The lowest BCUT2D eigenvalue weighted by Crippen LogP contribution is -2.32. The van der Waals surface area contributed by atoms with Crippen LogP contribution in [0.4, 0.5) is 0 Å². The van der Waals surface area contributed by atoms with Gasteiger partial charge in [-0.05, 0) is 25.8 Å². The number of ether oxygens (including phenoxy) is 1. The highest BCUT2D eigenvalue weighted by atomic mass is 32.2. The molecule has 1 saturated heterocycles. The Morgan fingerprint density at radius 2 is 2.29 bits per heavy atom. The molecule has 2 heterocycles. The van der Waals surface area contributed by atoms with Crippen molar-refractivity contribution in [3.8, 4) is 0 Å². The molecule has 1 aliphatic heterocycles. The number of hydrogen-bond acceptors (Lipinski definition) is 5. The Hall–Kier alpha value is -0.960. The van der Waals surface area contributed by atoms with Crippen molar-refractivity contribution in [1.29, 1.82) is 0 Å². The summed E-state index contributed by atoms with van der Waals surface area (Å²) in [6.45, 7) is 4.60. The van der Waals surface area contributed by atoms with Crippen LogP contribution >= 0.6 is 11.3 Å². The van der Waals surface area contributed by atoms with Gasteiger partial charge in [0.25, 0.3) is 0 Å². The van der Waals surface area contributed by atoms with Crippen LogP contribution in [0.3, 0.4) is 0 Å². The van der Waals surface area contributed by atoms with E-state index in [1.807, 2.05) is 6.92 Å². The molecular weight excluding hydrogens is 314 g/mol. The summed E-state index contributed by atoms with van der Waals surface area (Å²) in [5.74, 6) is -0.942. The Labute approximate surface area is 128 Å². The van der Waals surface area contributed by atoms with Crippen molar-refractivity contribution in [3.05, 3.63) is 15.8 Å². The first kappa shape index (κ1) is 16.4. The van der Waals surface area contributed by atoms with E-state index < -0.39 is 16.0 Å². The zero-order valence-corrected chi connectivity index (χ0v) is 13.6. The topological polar surface area (TPSA) is 92.7 Å². The second-order valence-electron chi connectivity index (χ2n) is 5.05. The molecule has 0 spiro atoms. The van der Waals surface area contributed by atoms with Crippen LogP contribution in [-0.2, 0) is 14.8 Å². The summed E-state index contributed by atoms with van der Waals surface area (Å²) < 4.78 is 32.7. The van der Waals surface area contributed by atoms with Gasteiger partial charge in [-0.3, -0.25) is 0 Å². The number of thiophene rings is 1. The Kier molecular flexibility index (Phi) is 5.03. The van der Waals surface area contributed by atoms with Gasteiger partial charge in [0.05, 0.1) is 11.0 Å². The molecule has 118 valence electrons. The van der Waals surface area contributed by atoms with Crippen molar-refractivity contribution in [3.63, 3.8) is 0 Å². The summed E-state index contributed by atoms with van der Waals surface area (Å²) in [6, 6.07) is 1.22. The molecular formula is C13H19NO5S2. The maximum absolute atomic E-state index is 12.3. The Bertz CT molecular complexity index is 623. The largest absolute Gasteiger partial charge is 0.477 e. The minimum Gasteiger partial charge on any atom is -0.477 e. The monoisotopic (exact) mass is 333 g/mol. The number of aryl methyl sites for hydroxylation is 1. The van der Waals surface area contributed by atoms with Gasteiger partial charge in [-0.15, -0.1) is 11.3 Å². The van der Waals surface area contributed by atoms with Gasteiger partial charge in [0, 0.05) is 23.9 Å². The average molecular weight is 333 g/mol. The molecule has 2 atom stereocenters. The van der Waals surface area contributed by atoms with Crippen LogP contribution in [0.2, 0.25) is 0 Å². The lowest BCUT2D eigenvalue weighted by molar-refractivity contribution is 0.0702. The van der Waals surface area contributed by atoms with E-state index in [0.29, 0.717) is 18.0 Å². The summed E-state index contributed by atoms with van der Waals surface area (Å²) in [4.78, 5) is 11.5. The molecule has 2 unspecified atom stereocenters. The Morgan fingerprint density at radius 3 is 2.86 bits per heavy atom. The molecule has 0 bridgehead atoms. The predicted octanol–water partition coefficient (Wildman–Crippen LogP) is 1.85. The molecule has 1 fully saturated rings. The molecule has 6 nitrogen and oxygen atoms in total. The number of rotatable bonds is 6. The molecule has 8 heteroatoms. The number of carboxylic acid groups (broad SMARTS) is 1. The minimum atomic E-state index is -3.68. The first-order chi connectivity index (χ1) is 9.85. The third-order valence-corrected chi connectivity index (χ3v) is 6.37. The van der Waals surface area contributed by atoms with Gasteiger partial charge in [0.1, 0.15) is 4.88 Å². The number of hydrogen-bond donors (Lipinski definition) is 2. The lowest BCUT2D eigenvalue weighted by Gasteiger charge is -2.17. The van der Waals surface area contributed by atoms with E-state index in [-0.39, 0.29) is 21.8 Å². The lowest BCUT2D eigenvalue weighted by atomic mass is 10.0. The van der Waals surface area contributed by atoms with Crippen molar-refractivity contribution in [2.24, 2.45) is 5.92 Å². The van der Waals surface area contributed by atoms with Crippen molar-refractivity contribution < 1.29 is 23.1 Å². The van der Waals surface area contributed by atoms with Gasteiger partial charge >= 0.3 is 5.97 Å². The van der Waals surface area contributed by atoms with Crippen LogP contribution < -0.4 is 4.72 Å². The van der Waals surface area contributed by atoms with E-state index in [1.54, 1.807) is 6.92 Å². The van der Waals surface area contributed by atoms with E-state index in [4.69, 9.17) is 9.84 Å². The number of aromatic carboxylic acids is 1. The van der Waals surface area contributed by atoms with Gasteiger partial charge in [-0.2, -0.15) is 0 Å². The number of carbonyl (C=O) groups is 1. The van der Waals surface area contributed by atoms with E-state index >= 15 is 0 Å². The third kappa shape index (κ3) is 3.63. The third-order valence-electron chi connectivity index (χ3n) is 3.66. The highest BCUT2D eigenvalue weighted by Gasteiger charge is 2.29. The number of nitrogens with one attached hydrogen (secondary N) is 1. The van der Waals surface area contributed by atoms with Crippen LogP contribution in [0.25, 0.3) is 0 Å². The summed E-state index contributed by atoms with van der Waals surface area (Å²) in [7, 11) is -3.68. The highest BCUT2D eigenvalue weighted by molar-refractivity contribution is 7.89. The molecule has 1 aromatic heterocycles. The molecule has 1 aromatic rings. The first-order valence-electron chi connectivity index (χ1n) is 6.80. The first-order valence-corrected chi connectivity index (χ1v) is 9.10. The minimum absolute atomic E-state index is 0.0310. The van der Waals surface area contributed by atoms with Gasteiger partial charge in [-0.1, -0.05) is 6.92 Å². The van der Waals surface area contributed by atoms with Crippen molar-refractivity contribution in [2.45, 2.75) is 37.7 Å². The molecule has 0 saturated carbocycles. The van der Waals surface area contributed by atoms with E-state index in [1.165, 1.54) is 6.07 Å². The normalized spacial score (nSPS) is 22.6. The fraction of sp³-hybridized carbons (Fsp3) is 0.615. The van der Waals surface area contributed by atoms with Crippen LogP contribution in [0.15, 0.2) is 11.0 Å². The second kappa shape index (κ2) is 6.43. The fourth-order valence-electron chi connectivity index (χ4n) is 2.51. The van der Waals surface area contributed by atoms with E-state index in [2.05, 4.69) is 4.72 Å². The summed E-state index contributed by atoms with van der Waals surface area (Å²) in [5, 5.41) is 8.94. The zero-order chi connectivity index (χ0) is 15.6. The average Bonchev–Trinajstić information content (AvgIpc) is 3.02. The van der Waals surface area contributed by atoms with Crippen LogP contribution in [0.5, 0.6) is 0 Å². The maximum atomic E-state index is 12.3. The van der Waals surface area contributed by atoms with Crippen LogP contribution in [0, 0.1) is 12.8 Å². The number of sulfonamides is 1. The van der Waals surface area contributed by atoms with Crippen LogP contribution in [0.1, 0.15) is 34.3 Å². The highest BCUT2D eigenvalue weighted by Crippen LogP contribution is 2.27. The van der Waals surface area contributed by atoms with Crippen molar-refractivity contribution >= 4 is 27.3 Å². The van der Waals surface area contributed by atoms with E-state index in [0.717, 1.165) is 24.2 Å². The van der Waals surface area contributed by atoms with Gasteiger partial charge in [-0.25, -0.2) is 17.9 Å². The molecule has 0 radical (unpaired) electrons.